The summed E-state index contributed by atoms with van der Waals surface area (Å²) in [4.78, 5) is 27.5. The Morgan fingerprint density at radius 2 is 2.00 bits per heavy atom. The van der Waals surface area contributed by atoms with Crippen LogP contribution in [0.4, 0.5) is 20.4 Å². The summed E-state index contributed by atoms with van der Waals surface area (Å²) in [6, 6.07) is 6.40. The van der Waals surface area contributed by atoms with E-state index in [0.717, 1.165) is 68.4 Å². The Balaban J connectivity index is 1.19. The van der Waals surface area contributed by atoms with Crippen molar-refractivity contribution in [2.24, 2.45) is 7.05 Å². The molecule has 0 saturated heterocycles. The molecule has 13 heteroatoms. The van der Waals surface area contributed by atoms with Crippen LogP contribution in [0.15, 0.2) is 42.9 Å². The van der Waals surface area contributed by atoms with Gasteiger partial charge in [-0.3, -0.25) is 9.58 Å². The summed E-state index contributed by atoms with van der Waals surface area (Å²) in [6.45, 7) is 2.73. The molecule has 0 amide bonds. The molecule has 0 saturated carbocycles. The number of aryl methyl sites for hydroxylation is 3. The fourth-order valence-corrected chi connectivity index (χ4v) is 5.20. The first-order valence-corrected chi connectivity index (χ1v) is 14.5. The van der Waals surface area contributed by atoms with Gasteiger partial charge in [-0.05, 0) is 56.7 Å². The minimum atomic E-state index is -1.01. The maximum absolute atomic E-state index is 13.6. The fourth-order valence-electron chi connectivity index (χ4n) is 5.20. The number of nitrogens with one attached hydrogen (secondary N) is 2. The summed E-state index contributed by atoms with van der Waals surface area (Å²) >= 11 is 0. The van der Waals surface area contributed by atoms with Crippen molar-refractivity contribution in [1.29, 1.82) is 0 Å². The number of fused-ring (bicyclic) bond motifs is 2. The highest BCUT2D eigenvalue weighted by molar-refractivity contribution is 5.88. The normalized spacial score (nSPS) is 13.5. The molecule has 0 unspecified atom stereocenters. The number of aliphatic carboxylic acids is 1. The van der Waals surface area contributed by atoms with E-state index in [9.17, 15) is 18.7 Å². The molecule has 0 bridgehead atoms. The van der Waals surface area contributed by atoms with Crippen molar-refractivity contribution in [3.8, 4) is 5.75 Å². The number of aromatic nitrogens is 5. The van der Waals surface area contributed by atoms with Crippen LogP contribution in [0.1, 0.15) is 36.9 Å². The first-order chi connectivity index (χ1) is 20.9. The summed E-state index contributed by atoms with van der Waals surface area (Å²) in [6.07, 6.45) is 8.01. The van der Waals surface area contributed by atoms with Crippen molar-refractivity contribution < 1.29 is 23.4 Å². The van der Waals surface area contributed by atoms with Gasteiger partial charge >= 0.3 is 5.97 Å². The fraction of sp³-hybridized carbons (Fsp3) is 0.433. The molecular formula is C30H36F2N8O3. The Bertz CT molecular complexity index is 1530. The van der Waals surface area contributed by atoms with Crippen molar-refractivity contribution in [2.45, 2.75) is 44.6 Å². The number of carbonyl (C=O) groups is 1. The van der Waals surface area contributed by atoms with Crippen LogP contribution in [0.3, 0.4) is 0 Å². The van der Waals surface area contributed by atoms with Gasteiger partial charge in [0.2, 0.25) is 0 Å². The second-order valence-corrected chi connectivity index (χ2v) is 10.6. The number of carboxylic acid groups (broad SMARTS) is 1. The summed E-state index contributed by atoms with van der Waals surface area (Å²) in [5.41, 5.74) is 2.89. The first-order valence-electron chi connectivity index (χ1n) is 14.5. The molecule has 1 atom stereocenters. The number of unbranched alkanes of at least 4 members (excludes halogenated alkanes) is 1. The lowest BCUT2D eigenvalue weighted by Crippen LogP contribution is -2.37. The molecule has 0 spiro atoms. The maximum atomic E-state index is 13.6. The molecule has 4 aromatic rings. The Labute approximate surface area is 248 Å². The number of benzene rings is 1. The first kappa shape index (κ1) is 30.1. The van der Waals surface area contributed by atoms with Gasteiger partial charge in [0.25, 0.3) is 0 Å². The third kappa shape index (κ3) is 8.13. The minimum absolute atomic E-state index is 0.110. The topological polar surface area (TPSA) is 130 Å². The third-order valence-corrected chi connectivity index (χ3v) is 7.49. The van der Waals surface area contributed by atoms with Crippen LogP contribution in [-0.4, -0.2) is 79.5 Å². The van der Waals surface area contributed by atoms with Gasteiger partial charge in [-0.2, -0.15) is 5.10 Å². The van der Waals surface area contributed by atoms with E-state index in [0.29, 0.717) is 36.5 Å². The SMILES string of the molecule is Cn1ncc2c(N[C@@H](CCN(CCCCc3ccc4c(n3)NCCC4)CCOc3cc(F)cc(F)c3)C(=O)O)ncnc21. The number of nitrogens with zero attached hydrogens (tertiary/aromatic N) is 6. The van der Waals surface area contributed by atoms with E-state index in [2.05, 4.69) is 42.7 Å². The average Bonchev–Trinajstić information content (AvgIpc) is 3.37. The number of hydrogen-bond acceptors (Lipinski definition) is 9. The second kappa shape index (κ2) is 14.2. The molecule has 11 nitrogen and oxygen atoms in total. The molecule has 5 rings (SSSR count). The quantitative estimate of drug-likeness (QED) is 0.173. The van der Waals surface area contributed by atoms with E-state index in [1.165, 1.54) is 11.9 Å². The molecule has 43 heavy (non-hydrogen) atoms. The Morgan fingerprint density at radius 1 is 1.16 bits per heavy atom. The van der Waals surface area contributed by atoms with Gasteiger partial charge in [-0.25, -0.2) is 28.5 Å². The van der Waals surface area contributed by atoms with Gasteiger partial charge in [0.1, 0.15) is 48.0 Å². The Kier molecular flexibility index (Phi) is 9.92. The maximum Gasteiger partial charge on any atom is 0.326 e. The van der Waals surface area contributed by atoms with E-state index in [4.69, 9.17) is 9.72 Å². The number of ether oxygens (including phenoxy) is 1. The van der Waals surface area contributed by atoms with E-state index < -0.39 is 23.6 Å². The van der Waals surface area contributed by atoms with Gasteiger partial charge in [-0.15, -0.1) is 0 Å². The molecule has 1 aliphatic heterocycles. The zero-order valence-electron chi connectivity index (χ0n) is 24.1. The molecule has 1 aromatic carbocycles. The predicted octanol–water partition coefficient (Wildman–Crippen LogP) is 4.05. The molecule has 228 valence electrons. The van der Waals surface area contributed by atoms with Crippen LogP contribution in [-0.2, 0) is 24.7 Å². The highest BCUT2D eigenvalue weighted by Crippen LogP contribution is 2.21. The van der Waals surface area contributed by atoms with Gasteiger partial charge in [-0.1, -0.05) is 6.07 Å². The van der Waals surface area contributed by atoms with Gasteiger partial charge in [0.15, 0.2) is 5.65 Å². The van der Waals surface area contributed by atoms with Crippen LogP contribution in [0.25, 0.3) is 11.0 Å². The zero-order chi connectivity index (χ0) is 30.2. The van der Waals surface area contributed by atoms with Crippen LogP contribution < -0.4 is 15.4 Å². The van der Waals surface area contributed by atoms with Gasteiger partial charge in [0, 0.05) is 50.6 Å². The lowest BCUT2D eigenvalue weighted by Gasteiger charge is -2.25. The molecule has 4 heterocycles. The van der Waals surface area contributed by atoms with Crippen LogP contribution >= 0.6 is 0 Å². The van der Waals surface area contributed by atoms with E-state index >= 15 is 0 Å². The highest BCUT2D eigenvalue weighted by atomic mass is 19.1. The van der Waals surface area contributed by atoms with E-state index in [-0.39, 0.29) is 18.8 Å². The second-order valence-electron chi connectivity index (χ2n) is 10.6. The smallest absolute Gasteiger partial charge is 0.326 e. The molecular weight excluding hydrogens is 558 g/mol. The standard InChI is InChI=1S/C30H36F2N8O3/c1-39-29-25(18-36-39)28(34-19-35-29)38-26(30(41)42)9-12-40(13-14-43-24-16-21(31)15-22(32)17-24)11-3-2-6-23-8-7-20-5-4-10-33-27(20)37-23/h7-8,15-19,26H,2-6,9-14H2,1H3,(H,33,37)(H,41,42)(H,34,35,38)/t26-/m0/s1. The molecule has 0 aliphatic carbocycles. The van der Waals surface area contributed by atoms with Crippen LogP contribution in [0, 0.1) is 11.6 Å². The number of hydrogen-bond donors (Lipinski definition) is 3. The van der Waals surface area contributed by atoms with Crippen molar-refractivity contribution >= 4 is 28.6 Å². The minimum Gasteiger partial charge on any atom is -0.492 e. The van der Waals surface area contributed by atoms with Crippen molar-refractivity contribution in [2.75, 3.05) is 43.4 Å². The molecule has 1 aliphatic rings. The van der Waals surface area contributed by atoms with Crippen LogP contribution in [0.2, 0.25) is 0 Å². The number of rotatable bonds is 15. The average molecular weight is 595 g/mol. The van der Waals surface area contributed by atoms with Crippen molar-refractivity contribution in [3.63, 3.8) is 0 Å². The predicted molar refractivity (Wildman–Crippen MR) is 158 cm³/mol. The summed E-state index contributed by atoms with van der Waals surface area (Å²) in [5, 5.41) is 21.2. The molecule has 0 fully saturated rings. The zero-order valence-corrected chi connectivity index (χ0v) is 24.1. The van der Waals surface area contributed by atoms with Crippen molar-refractivity contribution in [1.82, 2.24) is 29.6 Å². The van der Waals surface area contributed by atoms with E-state index in [1.54, 1.807) is 17.9 Å². The number of halogens is 2. The van der Waals surface area contributed by atoms with Gasteiger partial charge in [0.05, 0.1) is 11.6 Å². The highest BCUT2D eigenvalue weighted by Gasteiger charge is 2.21. The molecule has 3 N–H and O–H groups in total. The summed E-state index contributed by atoms with van der Waals surface area (Å²) < 4.78 is 34.4. The Hall–Kier alpha value is -4.39. The lowest BCUT2D eigenvalue weighted by molar-refractivity contribution is -0.138. The summed E-state index contributed by atoms with van der Waals surface area (Å²) in [7, 11) is 1.75. The van der Waals surface area contributed by atoms with Crippen molar-refractivity contribution in [3.05, 3.63) is 65.7 Å². The summed E-state index contributed by atoms with van der Waals surface area (Å²) in [5.74, 6) is -0.925. The molecule has 3 aromatic heterocycles. The third-order valence-electron chi connectivity index (χ3n) is 7.49. The van der Waals surface area contributed by atoms with E-state index in [1.807, 2.05) is 0 Å². The number of anilines is 2. The largest absolute Gasteiger partial charge is 0.492 e. The monoisotopic (exact) mass is 594 g/mol. The lowest BCUT2D eigenvalue weighted by atomic mass is 10.1. The van der Waals surface area contributed by atoms with Gasteiger partial charge < -0.3 is 20.5 Å². The Morgan fingerprint density at radius 3 is 2.81 bits per heavy atom. The number of pyridine rings is 1. The molecule has 0 radical (unpaired) electrons. The number of carboxylic acids is 1. The van der Waals surface area contributed by atoms with Crippen LogP contribution in [0.5, 0.6) is 5.75 Å².